The van der Waals surface area contributed by atoms with Gasteiger partial charge in [0.05, 0.1) is 18.6 Å². The Morgan fingerprint density at radius 2 is 1.71 bits per heavy atom. The summed E-state index contributed by atoms with van der Waals surface area (Å²) in [4.78, 5) is 26.2. The fourth-order valence-electron chi connectivity index (χ4n) is 2.32. The van der Waals surface area contributed by atoms with E-state index in [1.165, 1.54) is 0 Å². The van der Waals surface area contributed by atoms with Crippen LogP contribution in [0.2, 0.25) is 0 Å². The summed E-state index contributed by atoms with van der Waals surface area (Å²) < 4.78 is 5.71. The number of hydrogen-bond donors (Lipinski definition) is 0. The SMILES string of the molecule is CCOC(=O)CCN(Cc1ccccc1)C(=O)c1ccccc1Br. The van der Waals surface area contributed by atoms with Crippen molar-refractivity contribution in [1.82, 2.24) is 4.90 Å². The van der Waals surface area contributed by atoms with Crippen molar-refractivity contribution < 1.29 is 14.3 Å². The van der Waals surface area contributed by atoms with E-state index in [1.807, 2.05) is 48.5 Å². The molecule has 0 heterocycles. The molecular weight excluding hydrogens is 370 g/mol. The Labute approximate surface area is 150 Å². The Morgan fingerprint density at radius 1 is 1.04 bits per heavy atom. The number of amides is 1. The second-order valence-corrected chi connectivity index (χ2v) is 6.10. The van der Waals surface area contributed by atoms with Crippen LogP contribution in [0.5, 0.6) is 0 Å². The molecule has 0 unspecified atom stereocenters. The molecule has 2 aromatic rings. The van der Waals surface area contributed by atoms with Crippen molar-refractivity contribution in [1.29, 1.82) is 0 Å². The Morgan fingerprint density at radius 3 is 2.38 bits per heavy atom. The zero-order valence-corrected chi connectivity index (χ0v) is 15.2. The number of carbonyl (C=O) groups is 2. The lowest BCUT2D eigenvalue weighted by molar-refractivity contribution is -0.143. The van der Waals surface area contributed by atoms with Crippen LogP contribution in [-0.2, 0) is 16.1 Å². The van der Waals surface area contributed by atoms with Crippen molar-refractivity contribution in [2.45, 2.75) is 19.9 Å². The number of nitrogens with zero attached hydrogens (tertiary/aromatic N) is 1. The topological polar surface area (TPSA) is 46.6 Å². The third-order valence-corrected chi connectivity index (χ3v) is 4.19. The van der Waals surface area contributed by atoms with Gasteiger partial charge in [-0.25, -0.2) is 0 Å². The van der Waals surface area contributed by atoms with Crippen LogP contribution in [-0.4, -0.2) is 29.9 Å². The first-order valence-corrected chi connectivity index (χ1v) is 8.64. The van der Waals surface area contributed by atoms with E-state index in [0.29, 0.717) is 25.3 Å². The highest BCUT2D eigenvalue weighted by Crippen LogP contribution is 2.19. The third kappa shape index (κ3) is 5.20. The lowest BCUT2D eigenvalue weighted by atomic mass is 10.1. The van der Waals surface area contributed by atoms with E-state index in [2.05, 4.69) is 15.9 Å². The van der Waals surface area contributed by atoms with Crippen LogP contribution in [0.1, 0.15) is 29.3 Å². The molecule has 0 aliphatic carbocycles. The van der Waals surface area contributed by atoms with Crippen LogP contribution in [0.3, 0.4) is 0 Å². The van der Waals surface area contributed by atoms with Gasteiger partial charge in [0.25, 0.3) is 5.91 Å². The molecule has 1 amide bonds. The highest BCUT2D eigenvalue weighted by Gasteiger charge is 2.19. The van der Waals surface area contributed by atoms with Gasteiger partial charge in [0.1, 0.15) is 0 Å². The monoisotopic (exact) mass is 389 g/mol. The highest BCUT2D eigenvalue weighted by atomic mass is 79.9. The first-order valence-electron chi connectivity index (χ1n) is 7.85. The molecule has 0 spiro atoms. The van der Waals surface area contributed by atoms with Gasteiger partial charge >= 0.3 is 5.97 Å². The predicted molar refractivity (Wildman–Crippen MR) is 96.6 cm³/mol. The molecule has 5 heteroatoms. The molecule has 0 N–H and O–H groups in total. The number of benzene rings is 2. The quantitative estimate of drug-likeness (QED) is 0.671. The van der Waals surface area contributed by atoms with E-state index in [9.17, 15) is 9.59 Å². The minimum atomic E-state index is -0.296. The minimum Gasteiger partial charge on any atom is -0.466 e. The predicted octanol–water partition coefficient (Wildman–Crippen LogP) is 4.04. The summed E-state index contributed by atoms with van der Waals surface area (Å²) in [5.41, 5.74) is 1.60. The van der Waals surface area contributed by atoms with Gasteiger partial charge in [-0.3, -0.25) is 9.59 Å². The maximum atomic E-state index is 12.9. The molecular formula is C19H20BrNO3. The number of halogens is 1. The lowest BCUT2D eigenvalue weighted by Crippen LogP contribution is -2.33. The van der Waals surface area contributed by atoms with E-state index in [1.54, 1.807) is 17.9 Å². The van der Waals surface area contributed by atoms with Crippen LogP contribution in [0.4, 0.5) is 0 Å². The maximum Gasteiger partial charge on any atom is 0.307 e. The van der Waals surface area contributed by atoms with Crippen LogP contribution in [0, 0.1) is 0 Å². The summed E-state index contributed by atoms with van der Waals surface area (Å²) in [6, 6.07) is 17.0. The van der Waals surface area contributed by atoms with E-state index in [4.69, 9.17) is 4.74 Å². The standard InChI is InChI=1S/C19H20BrNO3/c1-2-24-18(22)12-13-21(14-15-8-4-3-5-9-15)19(23)16-10-6-7-11-17(16)20/h3-11H,2,12-14H2,1H3. The minimum absolute atomic E-state index is 0.115. The first kappa shape index (κ1) is 18.2. The van der Waals surface area contributed by atoms with Crippen molar-refractivity contribution >= 4 is 27.8 Å². The fourth-order valence-corrected chi connectivity index (χ4v) is 2.77. The molecule has 0 saturated heterocycles. The fraction of sp³-hybridized carbons (Fsp3) is 0.263. The van der Waals surface area contributed by atoms with Crippen LogP contribution >= 0.6 is 15.9 Å². The molecule has 126 valence electrons. The van der Waals surface area contributed by atoms with E-state index < -0.39 is 0 Å². The van der Waals surface area contributed by atoms with Gasteiger partial charge in [0.15, 0.2) is 0 Å². The summed E-state index contributed by atoms with van der Waals surface area (Å²) in [6.45, 7) is 2.87. The van der Waals surface area contributed by atoms with Gasteiger partial charge in [0, 0.05) is 17.6 Å². The van der Waals surface area contributed by atoms with Crippen molar-refractivity contribution in [2.24, 2.45) is 0 Å². The molecule has 0 aromatic heterocycles. The molecule has 0 aliphatic heterocycles. The summed E-state index contributed by atoms with van der Waals surface area (Å²) in [5, 5.41) is 0. The number of hydrogen-bond acceptors (Lipinski definition) is 3. The third-order valence-electron chi connectivity index (χ3n) is 3.50. The Hall–Kier alpha value is -2.14. The maximum absolute atomic E-state index is 12.9. The number of ether oxygens (including phenoxy) is 1. The average molecular weight is 390 g/mol. The number of carbonyl (C=O) groups excluding carboxylic acids is 2. The normalized spacial score (nSPS) is 10.2. The molecule has 0 bridgehead atoms. The Bertz CT molecular complexity index is 688. The van der Waals surface area contributed by atoms with Gasteiger partial charge in [-0.05, 0) is 40.5 Å². The summed E-state index contributed by atoms with van der Waals surface area (Å²) >= 11 is 3.42. The zero-order valence-electron chi connectivity index (χ0n) is 13.6. The molecule has 0 atom stereocenters. The highest BCUT2D eigenvalue weighted by molar-refractivity contribution is 9.10. The second kappa shape index (κ2) is 9.23. The molecule has 2 aromatic carbocycles. The molecule has 0 fully saturated rings. The molecule has 0 aliphatic rings. The number of rotatable bonds is 7. The molecule has 24 heavy (non-hydrogen) atoms. The van der Waals surface area contributed by atoms with Crippen LogP contribution in [0.15, 0.2) is 59.1 Å². The largest absolute Gasteiger partial charge is 0.466 e. The average Bonchev–Trinajstić information content (AvgIpc) is 2.59. The van der Waals surface area contributed by atoms with Crippen molar-refractivity contribution in [3.8, 4) is 0 Å². The van der Waals surface area contributed by atoms with Crippen molar-refractivity contribution in [3.63, 3.8) is 0 Å². The first-order chi connectivity index (χ1) is 11.6. The summed E-state index contributed by atoms with van der Waals surface area (Å²) in [7, 11) is 0. The van der Waals surface area contributed by atoms with Gasteiger partial charge in [-0.1, -0.05) is 42.5 Å². The second-order valence-electron chi connectivity index (χ2n) is 5.25. The smallest absolute Gasteiger partial charge is 0.307 e. The number of esters is 1. The van der Waals surface area contributed by atoms with Gasteiger partial charge in [0.2, 0.25) is 0 Å². The molecule has 2 rings (SSSR count). The van der Waals surface area contributed by atoms with E-state index >= 15 is 0 Å². The molecule has 0 radical (unpaired) electrons. The van der Waals surface area contributed by atoms with Gasteiger partial charge in [-0.15, -0.1) is 0 Å². The van der Waals surface area contributed by atoms with E-state index in [-0.39, 0.29) is 18.3 Å². The molecule has 4 nitrogen and oxygen atoms in total. The zero-order chi connectivity index (χ0) is 17.4. The summed E-state index contributed by atoms with van der Waals surface area (Å²) in [5.74, 6) is -0.411. The lowest BCUT2D eigenvalue weighted by Gasteiger charge is -2.23. The Kier molecular flexibility index (Phi) is 7.00. The van der Waals surface area contributed by atoms with Crippen LogP contribution < -0.4 is 0 Å². The van der Waals surface area contributed by atoms with Crippen molar-refractivity contribution in [3.05, 3.63) is 70.2 Å². The van der Waals surface area contributed by atoms with Crippen molar-refractivity contribution in [2.75, 3.05) is 13.2 Å². The van der Waals surface area contributed by atoms with Gasteiger partial charge < -0.3 is 9.64 Å². The van der Waals surface area contributed by atoms with E-state index in [0.717, 1.165) is 10.0 Å². The van der Waals surface area contributed by atoms with Gasteiger partial charge in [-0.2, -0.15) is 0 Å². The van der Waals surface area contributed by atoms with Crippen LogP contribution in [0.25, 0.3) is 0 Å². The summed E-state index contributed by atoms with van der Waals surface area (Å²) in [6.07, 6.45) is 0.177. The molecule has 0 saturated carbocycles. The Balaban J connectivity index is 2.16.